The summed E-state index contributed by atoms with van der Waals surface area (Å²) in [4.78, 5) is 0. The Morgan fingerprint density at radius 1 is 1.37 bits per heavy atom. The number of H-pyrrole nitrogens is 1. The van der Waals surface area contributed by atoms with E-state index in [1.54, 1.807) is 0 Å². The molecule has 0 aromatic carbocycles. The van der Waals surface area contributed by atoms with Crippen molar-refractivity contribution >= 4 is 0 Å². The molecule has 19 heavy (non-hydrogen) atoms. The summed E-state index contributed by atoms with van der Waals surface area (Å²) in [6.45, 7) is 8.33. The third kappa shape index (κ3) is 3.96. The van der Waals surface area contributed by atoms with Crippen molar-refractivity contribution in [2.24, 2.45) is 5.92 Å². The molecule has 0 aliphatic rings. The van der Waals surface area contributed by atoms with Crippen LogP contribution in [-0.2, 0) is 6.54 Å². The van der Waals surface area contributed by atoms with Crippen LogP contribution in [0.2, 0.25) is 0 Å². The number of nitrogens with one attached hydrogen (secondary N) is 2. The molecule has 2 rings (SSSR count). The first-order valence-corrected chi connectivity index (χ1v) is 6.96. The highest BCUT2D eigenvalue weighted by Gasteiger charge is 2.10. The van der Waals surface area contributed by atoms with Crippen molar-refractivity contribution in [1.82, 2.24) is 15.5 Å². The first-order valence-electron chi connectivity index (χ1n) is 6.96. The lowest BCUT2D eigenvalue weighted by molar-refractivity contribution is 0.526. The highest BCUT2D eigenvalue weighted by molar-refractivity contribution is 5.56. The minimum atomic E-state index is 0.775. The lowest BCUT2D eigenvalue weighted by Crippen LogP contribution is -2.15. The first kappa shape index (κ1) is 13.9. The van der Waals surface area contributed by atoms with Gasteiger partial charge in [0.05, 0.1) is 6.20 Å². The molecule has 2 heterocycles. The van der Waals surface area contributed by atoms with E-state index in [0.29, 0.717) is 0 Å². The van der Waals surface area contributed by atoms with E-state index >= 15 is 0 Å². The monoisotopic (exact) mass is 261 g/mol. The summed E-state index contributed by atoms with van der Waals surface area (Å²) >= 11 is 0. The lowest BCUT2D eigenvalue weighted by atomic mass is 10.1. The van der Waals surface area contributed by atoms with Crippen molar-refractivity contribution in [3.63, 3.8) is 0 Å². The van der Waals surface area contributed by atoms with E-state index in [-0.39, 0.29) is 0 Å². The summed E-state index contributed by atoms with van der Waals surface area (Å²) in [6.07, 6.45) is 4.34. The predicted molar refractivity (Wildman–Crippen MR) is 76.8 cm³/mol. The van der Waals surface area contributed by atoms with E-state index < -0.39 is 0 Å². The average molecular weight is 261 g/mol. The largest absolute Gasteiger partial charge is 0.460 e. The van der Waals surface area contributed by atoms with Gasteiger partial charge in [-0.1, -0.05) is 13.8 Å². The molecule has 4 nitrogen and oxygen atoms in total. The van der Waals surface area contributed by atoms with Gasteiger partial charge in [0, 0.05) is 12.1 Å². The molecule has 2 N–H and O–H groups in total. The van der Waals surface area contributed by atoms with Gasteiger partial charge in [-0.3, -0.25) is 5.10 Å². The molecule has 0 fully saturated rings. The van der Waals surface area contributed by atoms with Crippen molar-refractivity contribution in [2.75, 3.05) is 6.54 Å². The summed E-state index contributed by atoms with van der Waals surface area (Å²) in [5, 5.41) is 10.6. The molecular weight excluding hydrogens is 238 g/mol. The van der Waals surface area contributed by atoms with Crippen molar-refractivity contribution in [1.29, 1.82) is 0 Å². The smallest absolute Gasteiger partial charge is 0.152 e. The Bertz CT molecular complexity index is 499. The second kappa shape index (κ2) is 6.57. The SMILES string of the molecule is Cc1ccc(-c2[nH]ncc2CNCCCC(C)C)o1. The van der Waals surface area contributed by atoms with Crippen LogP contribution >= 0.6 is 0 Å². The molecule has 0 radical (unpaired) electrons. The number of aromatic nitrogens is 2. The molecule has 0 unspecified atom stereocenters. The Kier molecular flexibility index (Phi) is 4.80. The Morgan fingerprint density at radius 3 is 2.89 bits per heavy atom. The zero-order valence-electron chi connectivity index (χ0n) is 12.0. The second-order valence-electron chi connectivity index (χ2n) is 5.39. The zero-order valence-corrected chi connectivity index (χ0v) is 12.0. The van der Waals surface area contributed by atoms with E-state index in [0.717, 1.165) is 41.8 Å². The van der Waals surface area contributed by atoms with Gasteiger partial charge >= 0.3 is 0 Å². The summed E-state index contributed by atoms with van der Waals surface area (Å²) < 4.78 is 5.63. The van der Waals surface area contributed by atoms with Gasteiger partial charge < -0.3 is 9.73 Å². The predicted octanol–water partition coefficient (Wildman–Crippen LogP) is 3.50. The maximum atomic E-state index is 5.63. The molecule has 0 atom stereocenters. The quantitative estimate of drug-likeness (QED) is 0.750. The van der Waals surface area contributed by atoms with E-state index in [1.807, 2.05) is 25.3 Å². The number of rotatable bonds is 7. The van der Waals surface area contributed by atoms with Gasteiger partial charge in [0.25, 0.3) is 0 Å². The normalized spacial score (nSPS) is 11.4. The Morgan fingerprint density at radius 2 is 2.21 bits per heavy atom. The van der Waals surface area contributed by atoms with E-state index in [1.165, 1.54) is 12.8 Å². The number of hydrogen-bond acceptors (Lipinski definition) is 3. The van der Waals surface area contributed by atoms with Gasteiger partial charge in [-0.2, -0.15) is 5.10 Å². The van der Waals surface area contributed by atoms with E-state index in [4.69, 9.17) is 4.42 Å². The van der Waals surface area contributed by atoms with Crippen LogP contribution in [-0.4, -0.2) is 16.7 Å². The van der Waals surface area contributed by atoms with E-state index in [9.17, 15) is 0 Å². The summed E-state index contributed by atoms with van der Waals surface area (Å²) in [6, 6.07) is 3.95. The summed E-state index contributed by atoms with van der Waals surface area (Å²) in [5.74, 6) is 2.55. The van der Waals surface area contributed by atoms with Crippen LogP contribution in [0.4, 0.5) is 0 Å². The first-order chi connectivity index (χ1) is 9.16. The summed E-state index contributed by atoms with van der Waals surface area (Å²) in [7, 11) is 0. The number of furan rings is 1. The molecule has 0 aliphatic carbocycles. The third-order valence-electron chi connectivity index (χ3n) is 3.16. The standard InChI is InChI=1S/C15H23N3O/c1-11(2)5-4-8-16-9-13-10-17-18-15(13)14-7-6-12(3)19-14/h6-7,10-11,16H,4-5,8-9H2,1-3H3,(H,17,18). The molecule has 0 amide bonds. The molecule has 4 heteroatoms. The van der Waals surface area contributed by atoms with Crippen molar-refractivity contribution in [3.8, 4) is 11.5 Å². The number of nitrogens with zero attached hydrogens (tertiary/aromatic N) is 1. The topological polar surface area (TPSA) is 53.9 Å². The van der Waals surface area contributed by atoms with Crippen molar-refractivity contribution in [2.45, 2.75) is 40.2 Å². The molecule has 104 valence electrons. The minimum Gasteiger partial charge on any atom is -0.460 e. The fraction of sp³-hybridized carbons (Fsp3) is 0.533. The van der Waals surface area contributed by atoms with Gasteiger partial charge in [0.2, 0.25) is 0 Å². The molecule has 2 aromatic rings. The average Bonchev–Trinajstić information content (AvgIpc) is 2.96. The summed E-state index contributed by atoms with van der Waals surface area (Å²) in [5.41, 5.74) is 2.13. The molecule has 0 saturated heterocycles. The Balaban J connectivity index is 1.86. The zero-order chi connectivity index (χ0) is 13.7. The number of aryl methyl sites for hydroxylation is 1. The highest BCUT2D eigenvalue weighted by atomic mass is 16.3. The lowest BCUT2D eigenvalue weighted by Gasteiger charge is -2.06. The van der Waals surface area contributed by atoms with Crippen LogP contribution < -0.4 is 5.32 Å². The molecule has 2 aromatic heterocycles. The van der Waals surface area contributed by atoms with Crippen LogP contribution in [0.3, 0.4) is 0 Å². The van der Waals surface area contributed by atoms with Crippen LogP contribution in [0.5, 0.6) is 0 Å². The Labute approximate surface area is 114 Å². The maximum Gasteiger partial charge on any atom is 0.152 e. The molecular formula is C15H23N3O. The fourth-order valence-corrected chi connectivity index (χ4v) is 2.09. The fourth-order valence-electron chi connectivity index (χ4n) is 2.09. The Hall–Kier alpha value is -1.55. The molecule has 0 aliphatic heterocycles. The number of hydrogen-bond donors (Lipinski definition) is 2. The highest BCUT2D eigenvalue weighted by Crippen LogP contribution is 2.23. The van der Waals surface area contributed by atoms with Crippen molar-refractivity contribution in [3.05, 3.63) is 29.7 Å². The molecule has 0 bridgehead atoms. The van der Waals surface area contributed by atoms with Gasteiger partial charge in [-0.05, 0) is 44.4 Å². The second-order valence-corrected chi connectivity index (χ2v) is 5.39. The van der Waals surface area contributed by atoms with Gasteiger partial charge in [-0.25, -0.2) is 0 Å². The number of aromatic amines is 1. The minimum absolute atomic E-state index is 0.775. The van der Waals surface area contributed by atoms with Crippen LogP contribution in [0.25, 0.3) is 11.5 Å². The van der Waals surface area contributed by atoms with Gasteiger partial charge in [0.15, 0.2) is 5.76 Å². The van der Waals surface area contributed by atoms with Gasteiger partial charge in [-0.15, -0.1) is 0 Å². The van der Waals surface area contributed by atoms with Crippen LogP contribution in [0.15, 0.2) is 22.7 Å². The molecule has 0 saturated carbocycles. The molecule has 0 spiro atoms. The van der Waals surface area contributed by atoms with E-state index in [2.05, 4.69) is 29.4 Å². The van der Waals surface area contributed by atoms with Crippen LogP contribution in [0, 0.1) is 12.8 Å². The van der Waals surface area contributed by atoms with Crippen molar-refractivity contribution < 1.29 is 4.42 Å². The van der Waals surface area contributed by atoms with Crippen LogP contribution in [0.1, 0.15) is 38.0 Å². The maximum absolute atomic E-state index is 5.63. The third-order valence-corrected chi connectivity index (χ3v) is 3.16. The van der Waals surface area contributed by atoms with Gasteiger partial charge in [0.1, 0.15) is 11.5 Å².